The third-order valence-corrected chi connectivity index (χ3v) is 3.13. The number of nitrogens with zero attached hydrogens (tertiary/aromatic N) is 3. The molecule has 0 fully saturated rings. The van der Waals surface area contributed by atoms with Crippen molar-refractivity contribution in [2.75, 3.05) is 27.3 Å². The van der Waals surface area contributed by atoms with E-state index in [9.17, 15) is 0 Å². The number of rotatable bonds is 6. The van der Waals surface area contributed by atoms with Gasteiger partial charge in [0, 0.05) is 52.2 Å². The van der Waals surface area contributed by atoms with Gasteiger partial charge in [0.2, 0.25) is 0 Å². The molecule has 0 saturated carbocycles. The fourth-order valence-corrected chi connectivity index (χ4v) is 1.89. The third kappa shape index (κ3) is 5.66. The van der Waals surface area contributed by atoms with Crippen molar-refractivity contribution in [3.05, 3.63) is 17.0 Å². The molecule has 0 unspecified atom stereocenters. The van der Waals surface area contributed by atoms with Crippen molar-refractivity contribution < 1.29 is 4.74 Å². The minimum absolute atomic E-state index is 0. The van der Waals surface area contributed by atoms with E-state index < -0.39 is 0 Å². The van der Waals surface area contributed by atoms with Gasteiger partial charge in [0.15, 0.2) is 5.96 Å². The topological polar surface area (TPSA) is 63.5 Å². The Balaban J connectivity index is 0.00000361. The molecule has 0 bridgehead atoms. The van der Waals surface area contributed by atoms with E-state index >= 15 is 0 Å². The number of methoxy groups -OCH3 is 1. The largest absolute Gasteiger partial charge is 0.385 e. The minimum Gasteiger partial charge on any atom is -0.385 e. The van der Waals surface area contributed by atoms with Gasteiger partial charge in [-0.15, -0.1) is 24.0 Å². The molecule has 0 aliphatic rings. The Morgan fingerprint density at radius 3 is 2.55 bits per heavy atom. The van der Waals surface area contributed by atoms with Gasteiger partial charge in [-0.3, -0.25) is 9.67 Å². The summed E-state index contributed by atoms with van der Waals surface area (Å²) in [5.41, 5.74) is 3.46. The number of aromatic nitrogens is 2. The molecule has 6 nitrogen and oxygen atoms in total. The van der Waals surface area contributed by atoms with E-state index in [0.717, 1.165) is 37.8 Å². The Morgan fingerprint density at radius 1 is 1.35 bits per heavy atom. The van der Waals surface area contributed by atoms with Gasteiger partial charge in [-0.2, -0.15) is 5.10 Å². The summed E-state index contributed by atoms with van der Waals surface area (Å²) in [7, 11) is 5.44. The lowest BCUT2D eigenvalue weighted by Gasteiger charge is -2.12. The van der Waals surface area contributed by atoms with E-state index in [-0.39, 0.29) is 24.0 Å². The molecule has 1 aromatic heterocycles. The van der Waals surface area contributed by atoms with Gasteiger partial charge in [0.25, 0.3) is 0 Å². The van der Waals surface area contributed by atoms with Crippen LogP contribution in [0.1, 0.15) is 23.4 Å². The number of ether oxygens (including phenoxy) is 1. The lowest BCUT2D eigenvalue weighted by molar-refractivity contribution is 0.195. The van der Waals surface area contributed by atoms with Crippen molar-refractivity contribution in [1.82, 2.24) is 20.4 Å². The van der Waals surface area contributed by atoms with Crippen molar-refractivity contribution in [1.29, 1.82) is 0 Å². The average molecular weight is 395 g/mol. The molecule has 20 heavy (non-hydrogen) atoms. The summed E-state index contributed by atoms with van der Waals surface area (Å²) in [6.45, 7) is 6.43. The number of hydrogen-bond donors (Lipinski definition) is 2. The lowest BCUT2D eigenvalue weighted by Crippen LogP contribution is -2.37. The highest BCUT2D eigenvalue weighted by molar-refractivity contribution is 14.0. The minimum atomic E-state index is 0. The first-order valence-corrected chi connectivity index (χ1v) is 6.52. The van der Waals surface area contributed by atoms with Crippen molar-refractivity contribution in [3.8, 4) is 0 Å². The van der Waals surface area contributed by atoms with Gasteiger partial charge >= 0.3 is 0 Å². The highest BCUT2D eigenvalue weighted by Gasteiger charge is 2.09. The van der Waals surface area contributed by atoms with Crippen LogP contribution in [0.15, 0.2) is 4.99 Å². The fraction of sp³-hybridized carbons (Fsp3) is 0.692. The van der Waals surface area contributed by atoms with Crippen LogP contribution in [0.4, 0.5) is 0 Å². The second-order valence-electron chi connectivity index (χ2n) is 4.47. The summed E-state index contributed by atoms with van der Waals surface area (Å²) in [5, 5.41) is 11.0. The van der Waals surface area contributed by atoms with Crippen molar-refractivity contribution >= 4 is 29.9 Å². The van der Waals surface area contributed by atoms with Gasteiger partial charge in [-0.25, -0.2) is 0 Å². The second kappa shape index (κ2) is 9.98. The van der Waals surface area contributed by atoms with Crippen LogP contribution in [0.3, 0.4) is 0 Å². The van der Waals surface area contributed by atoms with E-state index in [2.05, 4.69) is 27.6 Å². The predicted octanol–water partition coefficient (Wildman–Crippen LogP) is 1.36. The Bertz CT molecular complexity index is 431. The number of aryl methyl sites for hydroxylation is 2. The number of hydrogen-bond acceptors (Lipinski definition) is 3. The van der Waals surface area contributed by atoms with Gasteiger partial charge in [0.05, 0.1) is 5.69 Å². The fourth-order valence-electron chi connectivity index (χ4n) is 1.89. The number of aliphatic imine (C=N–C) groups is 1. The highest BCUT2D eigenvalue weighted by atomic mass is 127. The summed E-state index contributed by atoms with van der Waals surface area (Å²) in [5.74, 6) is 0.804. The molecule has 1 heterocycles. The molecule has 0 aliphatic heterocycles. The molecular weight excluding hydrogens is 369 g/mol. The van der Waals surface area contributed by atoms with Crippen molar-refractivity contribution in [3.63, 3.8) is 0 Å². The van der Waals surface area contributed by atoms with E-state index in [4.69, 9.17) is 4.74 Å². The van der Waals surface area contributed by atoms with Gasteiger partial charge < -0.3 is 15.4 Å². The lowest BCUT2D eigenvalue weighted by atomic mass is 10.2. The Hall–Kier alpha value is -0.830. The molecule has 0 radical (unpaired) electrons. The quantitative estimate of drug-likeness (QED) is 0.331. The van der Waals surface area contributed by atoms with Gasteiger partial charge in [0.1, 0.15) is 0 Å². The Labute approximate surface area is 138 Å². The molecule has 0 aliphatic carbocycles. The molecule has 1 aromatic rings. The normalized spacial score (nSPS) is 11.2. The van der Waals surface area contributed by atoms with Gasteiger partial charge in [-0.05, 0) is 20.3 Å². The van der Waals surface area contributed by atoms with E-state index in [0.29, 0.717) is 0 Å². The van der Waals surface area contributed by atoms with Gasteiger partial charge in [-0.1, -0.05) is 0 Å². The first kappa shape index (κ1) is 19.2. The zero-order valence-electron chi connectivity index (χ0n) is 13.0. The van der Waals surface area contributed by atoms with Crippen LogP contribution in [-0.2, 0) is 18.3 Å². The molecule has 0 spiro atoms. The summed E-state index contributed by atoms with van der Waals surface area (Å²) in [4.78, 5) is 4.19. The molecule has 0 amide bonds. The van der Waals surface area contributed by atoms with E-state index in [1.165, 1.54) is 11.3 Å². The number of halogens is 1. The molecule has 2 N–H and O–H groups in total. The predicted molar refractivity (Wildman–Crippen MR) is 92.8 cm³/mol. The Kier molecular flexibility index (Phi) is 9.56. The Morgan fingerprint density at radius 2 is 2.05 bits per heavy atom. The first-order valence-electron chi connectivity index (χ1n) is 6.52. The highest BCUT2D eigenvalue weighted by Crippen LogP contribution is 2.10. The maximum Gasteiger partial charge on any atom is 0.191 e. The standard InChI is InChI=1S/C13H25N5O.HI/c1-10-12(11(2)18(4)17-10)9-16-13(14-3)15-7-6-8-19-5;/h6-9H2,1-5H3,(H2,14,15,16);1H. The maximum absolute atomic E-state index is 5.01. The monoisotopic (exact) mass is 395 g/mol. The summed E-state index contributed by atoms with van der Waals surface area (Å²) < 4.78 is 6.91. The van der Waals surface area contributed by atoms with Crippen LogP contribution < -0.4 is 10.6 Å². The molecular formula is C13H26IN5O. The van der Waals surface area contributed by atoms with Crippen LogP contribution in [0.25, 0.3) is 0 Å². The van der Waals surface area contributed by atoms with Crippen LogP contribution >= 0.6 is 24.0 Å². The zero-order valence-corrected chi connectivity index (χ0v) is 15.3. The SMILES string of the molecule is CN=C(NCCCOC)NCc1c(C)nn(C)c1C.I. The average Bonchev–Trinajstić information content (AvgIpc) is 2.63. The summed E-state index contributed by atoms with van der Waals surface area (Å²) >= 11 is 0. The molecule has 0 atom stereocenters. The maximum atomic E-state index is 5.01. The van der Waals surface area contributed by atoms with Crippen LogP contribution in [0, 0.1) is 13.8 Å². The van der Waals surface area contributed by atoms with E-state index in [1.807, 2.05) is 18.7 Å². The zero-order chi connectivity index (χ0) is 14.3. The molecule has 116 valence electrons. The molecule has 1 rings (SSSR count). The summed E-state index contributed by atoms with van der Waals surface area (Å²) in [6.07, 6.45) is 0.960. The van der Waals surface area contributed by atoms with Crippen LogP contribution in [0.5, 0.6) is 0 Å². The van der Waals surface area contributed by atoms with Crippen molar-refractivity contribution in [2.45, 2.75) is 26.8 Å². The molecule has 0 aromatic carbocycles. The first-order chi connectivity index (χ1) is 9.10. The van der Waals surface area contributed by atoms with Crippen LogP contribution in [-0.4, -0.2) is 43.0 Å². The number of nitrogens with one attached hydrogen (secondary N) is 2. The van der Waals surface area contributed by atoms with Crippen LogP contribution in [0.2, 0.25) is 0 Å². The van der Waals surface area contributed by atoms with E-state index in [1.54, 1.807) is 14.2 Å². The number of guanidine groups is 1. The summed E-state index contributed by atoms with van der Waals surface area (Å²) in [6, 6.07) is 0. The van der Waals surface area contributed by atoms with Crippen molar-refractivity contribution in [2.24, 2.45) is 12.0 Å². The molecule has 7 heteroatoms. The third-order valence-electron chi connectivity index (χ3n) is 3.13. The second-order valence-corrected chi connectivity index (χ2v) is 4.47. The smallest absolute Gasteiger partial charge is 0.191 e. The molecule has 0 saturated heterocycles.